The van der Waals surface area contributed by atoms with Crippen molar-refractivity contribution in [3.63, 3.8) is 0 Å². The number of nitrogens with two attached hydrogens (primary N) is 1. The van der Waals surface area contributed by atoms with Crippen molar-refractivity contribution in [3.8, 4) is 17.1 Å². The smallest absolute Gasteiger partial charge is 0.227 e. The lowest BCUT2D eigenvalue weighted by Crippen LogP contribution is -2.54. The number of aryl methyl sites for hydroxylation is 1. The van der Waals surface area contributed by atoms with Crippen LogP contribution in [0.25, 0.3) is 11.4 Å². The predicted molar refractivity (Wildman–Crippen MR) is 97.6 cm³/mol. The Hall–Kier alpha value is -2.41. The molecule has 2 aromatic rings. The average molecular weight is 358 g/mol. The molecule has 1 amide bonds. The minimum absolute atomic E-state index is 0.0556. The van der Waals surface area contributed by atoms with E-state index < -0.39 is 0 Å². The highest BCUT2D eigenvalue weighted by Gasteiger charge is 2.35. The Bertz CT molecular complexity index is 754. The first-order valence-electron chi connectivity index (χ1n) is 8.89. The van der Waals surface area contributed by atoms with Crippen LogP contribution < -0.4 is 10.5 Å². The molecule has 1 unspecified atom stereocenters. The molecule has 0 radical (unpaired) electrons. The number of methoxy groups -OCH3 is 1. The van der Waals surface area contributed by atoms with E-state index in [4.69, 9.17) is 15.0 Å². The van der Waals surface area contributed by atoms with E-state index in [-0.39, 0.29) is 17.4 Å². The van der Waals surface area contributed by atoms with Gasteiger partial charge in [-0.15, -0.1) is 0 Å². The van der Waals surface area contributed by atoms with E-state index in [1.54, 1.807) is 7.11 Å². The van der Waals surface area contributed by atoms with Gasteiger partial charge in [0, 0.05) is 37.5 Å². The van der Waals surface area contributed by atoms with E-state index in [1.807, 2.05) is 29.2 Å². The average Bonchev–Trinajstić information content (AvgIpc) is 3.11. The van der Waals surface area contributed by atoms with Crippen LogP contribution >= 0.6 is 0 Å². The summed E-state index contributed by atoms with van der Waals surface area (Å²) in [5, 5.41) is 4.00. The summed E-state index contributed by atoms with van der Waals surface area (Å²) in [6, 6.07) is 7.57. The fourth-order valence-electron chi connectivity index (χ4n) is 3.17. The molecule has 1 aliphatic heterocycles. The lowest BCUT2D eigenvalue weighted by atomic mass is 9.79. The van der Waals surface area contributed by atoms with Gasteiger partial charge in [0.05, 0.1) is 7.11 Å². The summed E-state index contributed by atoms with van der Waals surface area (Å²) in [7, 11) is 1.62. The van der Waals surface area contributed by atoms with E-state index in [0.717, 1.165) is 17.7 Å². The molecule has 2 N–H and O–H groups in total. The van der Waals surface area contributed by atoms with Crippen molar-refractivity contribution >= 4 is 5.91 Å². The number of carbonyl (C=O) groups excluding carboxylic acids is 1. The molecular formula is C19H26N4O3. The molecule has 0 bridgehead atoms. The van der Waals surface area contributed by atoms with Gasteiger partial charge in [0.15, 0.2) is 0 Å². The van der Waals surface area contributed by atoms with Crippen LogP contribution in [0.2, 0.25) is 0 Å². The number of carbonyl (C=O) groups is 1. The van der Waals surface area contributed by atoms with E-state index in [9.17, 15) is 4.79 Å². The number of hydrogen-bond acceptors (Lipinski definition) is 6. The zero-order valence-electron chi connectivity index (χ0n) is 15.6. The van der Waals surface area contributed by atoms with Crippen LogP contribution in [-0.4, -0.2) is 47.2 Å². The summed E-state index contributed by atoms with van der Waals surface area (Å²) >= 11 is 0. The molecule has 0 aliphatic carbocycles. The topological polar surface area (TPSA) is 94.5 Å². The molecule has 140 valence electrons. The molecule has 1 aliphatic rings. The minimum atomic E-state index is -0.0556. The van der Waals surface area contributed by atoms with Crippen molar-refractivity contribution in [2.24, 2.45) is 11.1 Å². The SMILES string of the molecule is COc1ccc(-c2noc(CCC(=O)N3CCC(N)C(C)(C)C3)n2)cc1. The summed E-state index contributed by atoms with van der Waals surface area (Å²) in [6.07, 6.45) is 1.63. The predicted octanol–water partition coefficient (Wildman–Crippen LogP) is 2.26. The fourth-order valence-corrected chi connectivity index (χ4v) is 3.17. The van der Waals surface area contributed by atoms with Crippen molar-refractivity contribution in [2.45, 2.75) is 39.2 Å². The van der Waals surface area contributed by atoms with Crippen molar-refractivity contribution in [2.75, 3.05) is 20.2 Å². The number of aromatic nitrogens is 2. The Morgan fingerprint density at radius 3 is 2.77 bits per heavy atom. The minimum Gasteiger partial charge on any atom is -0.497 e. The first-order valence-corrected chi connectivity index (χ1v) is 8.89. The Morgan fingerprint density at radius 2 is 2.12 bits per heavy atom. The molecule has 2 heterocycles. The van der Waals surface area contributed by atoms with Crippen LogP contribution in [0, 0.1) is 5.41 Å². The van der Waals surface area contributed by atoms with Crippen LogP contribution in [0.3, 0.4) is 0 Å². The number of piperidine rings is 1. The highest BCUT2D eigenvalue weighted by Crippen LogP contribution is 2.28. The van der Waals surface area contributed by atoms with Crippen molar-refractivity contribution in [1.29, 1.82) is 0 Å². The number of hydrogen-bond donors (Lipinski definition) is 1. The summed E-state index contributed by atoms with van der Waals surface area (Å²) in [5.74, 6) is 1.86. The highest BCUT2D eigenvalue weighted by molar-refractivity contribution is 5.76. The van der Waals surface area contributed by atoms with Gasteiger partial charge in [-0.3, -0.25) is 4.79 Å². The van der Waals surface area contributed by atoms with Crippen molar-refractivity contribution in [3.05, 3.63) is 30.2 Å². The number of nitrogens with zero attached hydrogens (tertiary/aromatic N) is 3. The largest absolute Gasteiger partial charge is 0.497 e. The fraction of sp³-hybridized carbons (Fsp3) is 0.526. The maximum absolute atomic E-state index is 12.5. The van der Waals surface area contributed by atoms with Crippen LogP contribution in [0.15, 0.2) is 28.8 Å². The zero-order valence-corrected chi connectivity index (χ0v) is 15.6. The highest BCUT2D eigenvalue weighted by atomic mass is 16.5. The summed E-state index contributed by atoms with van der Waals surface area (Å²) in [6.45, 7) is 5.62. The van der Waals surface area contributed by atoms with Crippen molar-refractivity contribution in [1.82, 2.24) is 15.0 Å². The lowest BCUT2D eigenvalue weighted by Gasteiger charge is -2.42. The van der Waals surface area contributed by atoms with Gasteiger partial charge < -0.3 is 19.9 Å². The van der Waals surface area contributed by atoms with Gasteiger partial charge in [-0.05, 0) is 36.1 Å². The van der Waals surface area contributed by atoms with Crippen LogP contribution in [0.5, 0.6) is 5.75 Å². The zero-order chi connectivity index (χ0) is 18.7. The molecule has 7 nitrogen and oxygen atoms in total. The number of amides is 1. The van der Waals surface area contributed by atoms with Crippen LogP contribution in [0.4, 0.5) is 0 Å². The van der Waals surface area contributed by atoms with Gasteiger partial charge >= 0.3 is 0 Å². The first-order chi connectivity index (χ1) is 12.4. The molecule has 3 rings (SSSR count). The monoisotopic (exact) mass is 358 g/mol. The summed E-state index contributed by atoms with van der Waals surface area (Å²) < 4.78 is 10.4. The van der Waals surface area contributed by atoms with E-state index in [2.05, 4.69) is 24.0 Å². The van der Waals surface area contributed by atoms with Crippen LogP contribution in [-0.2, 0) is 11.2 Å². The van der Waals surface area contributed by atoms with Gasteiger partial charge in [0.1, 0.15) is 5.75 Å². The molecule has 0 spiro atoms. The van der Waals surface area contributed by atoms with Gasteiger partial charge in [0.25, 0.3) is 0 Å². The standard InChI is InChI=1S/C19H26N4O3/c1-19(2)12-23(11-10-15(19)20)17(24)9-8-16-21-18(22-26-16)13-4-6-14(25-3)7-5-13/h4-7,15H,8-12,20H2,1-3H3. The second-order valence-corrected chi connectivity index (χ2v) is 7.44. The normalized spacial score (nSPS) is 19.4. The number of ether oxygens (including phenoxy) is 1. The number of rotatable bonds is 5. The maximum atomic E-state index is 12.5. The first kappa shape index (κ1) is 18.4. The quantitative estimate of drug-likeness (QED) is 0.881. The third-order valence-corrected chi connectivity index (χ3v) is 5.03. The molecule has 1 fully saturated rings. The third kappa shape index (κ3) is 4.04. The van der Waals surface area contributed by atoms with E-state index in [0.29, 0.717) is 37.6 Å². The Balaban J connectivity index is 1.57. The second-order valence-electron chi connectivity index (χ2n) is 7.44. The lowest BCUT2D eigenvalue weighted by molar-refractivity contribution is -0.134. The molecule has 1 aromatic carbocycles. The maximum Gasteiger partial charge on any atom is 0.227 e. The summed E-state index contributed by atoms with van der Waals surface area (Å²) in [4.78, 5) is 18.8. The van der Waals surface area contributed by atoms with Gasteiger partial charge in [-0.25, -0.2) is 0 Å². The number of benzene rings is 1. The van der Waals surface area contributed by atoms with E-state index >= 15 is 0 Å². The van der Waals surface area contributed by atoms with E-state index in [1.165, 1.54) is 0 Å². The Kier molecular flexibility index (Phi) is 5.27. The third-order valence-electron chi connectivity index (χ3n) is 5.03. The van der Waals surface area contributed by atoms with Gasteiger partial charge in [0.2, 0.25) is 17.6 Å². The molecule has 26 heavy (non-hydrogen) atoms. The molecule has 1 atom stereocenters. The van der Waals surface area contributed by atoms with Gasteiger partial charge in [-0.2, -0.15) is 4.98 Å². The van der Waals surface area contributed by atoms with Gasteiger partial charge in [-0.1, -0.05) is 19.0 Å². The van der Waals surface area contributed by atoms with Crippen LogP contribution in [0.1, 0.15) is 32.6 Å². The van der Waals surface area contributed by atoms with Crippen molar-refractivity contribution < 1.29 is 14.1 Å². The number of likely N-dealkylation sites (tertiary alicyclic amines) is 1. The summed E-state index contributed by atoms with van der Waals surface area (Å²) in [5.41, 5.74) is 6.93. The molecule has 0 saturated carbocycles. The molecule has 1 aromatic heterocycles. The Morgan fingerprint density at radius 1 is 1.38 bits per heavy atom. The Labute approximate surface area is 153 Å². The molecule has 1 saturated heterocycles. The molecular weight excluding hydrogens is 332 g/mol. The second kappa shape index (κ2) is 7.45. The molecule has 7 heteroatoms.